The van der Waals surface area contributed by atoms with Gasteiger partial charge in [0.25, 0.3) is 0 Å². The minimum absolute atomic E-state index is 0.000731. The molecule has 0 unspecified atom stereocenters. The molecule has 0 saturated heterocycles. The number of benzene rings is 2. The van der Waals surface area contributed by atoms with E-state index in [1.807, 2.05) is 45.0 Å². The Morgan fingerprint density at radius 1 is 0.931 bits per heavy atom. The van der Waals surface area contributed by atoms with Crippen LogP contribution in [0.5, 0.6) is 0 Å². The predicted octanol–water partition coefficient (Wildman–Crippen LogP) is 4.48. The molecule has 29 heavy (non-hydrogen) atoms. The number of aryl methyl sites for hydroxylation is 2. The second-order valence-corrected chi connectivity index (χ2v) is 8.29. The van der Waals surface area contributed by atoms with E-state index in [0.29, 0.717) is 25.3 Å². The van der Waals surface area contributed by atoms with Crippen molar-refractivity contribution in [2.24, 2.45) is 0 Å². The summed E-state index contributed by atoms with van der Waals surface area (Å²) < 4.78 is 0. The lowest BCUT2D eigenvalue weighted by Gasteiger charge is -2.30. The average Bonchev–Trinajstić information content (AvgIpc) is 2.71. The van der Waals surface area contributed by atoms with Gasteiger partial charge in [-0.15, -0.1) is 11.8 Å². The summed E-state index contributed by atoms with van der Waals surface area (Å²) in [5.74, 6) is 1.05. The average molecular weight is 413 g/mol. The fourth-order valence-electron chi connectivity index (χ4n) is 3.13. The zero-order valence-corrected chi connectivity index (χ0v) is 18.7. The highest BCUT2D eigenvalue weighted by Crippen LogP contribution is 2.18. The van der Waals surface area contributed by atoms with Crippen LogP contribution >= 0.6 is 11.8 Å². The van der Waals surface area contributed by atoms with Crippen molar-refractivity contribution < 1.29 is 9.59 Å². The van der Waals surface area contributed by atoms with Crippen LogP contribution in [0.2, 0.25) is 0 Å². The van der Waals surface area contributed by atoms with E-state index in [0.717, 1.165) is 11.3 Å². The van der Waals surface area contributed by atoms with Crippen molar-refractivity contribution in [3.8, 4) is 0 Å². The smallest absolute Gasteiger partial charge is 0.242 e. The lowest BCUT2D eigenvalue weighted by molar-refractivity contribution is -0.139. The first kappa shape index (κ1) is 23.0. The third-order valence-electron chi connectivity index (χ3n) is 4.83. The van der Waals surface area contributed by atoms with Gasteiger partial charge in [0.15, 0.2) is 0 Å². The summed E-state index contributed by atoms with van der Waals surface area (Å²) in [6.07, 6.45) is 0.589. The number of carbonyl (C=O) groups excluding carboxylic acids is 2. The van der Waals surface area contributed by atoms with Crippen LogP contribution in [-0.2, 0) is 21.9 Å². The Morgan fingerprint density at radius 2 is 1.48 bits per heavy atom. The highest BCUT2D eigenvalue weighted by molar-refractivity contribution is 7.99. The summed E-state index contributed by atoms with van der Waals surface area (Å²) in [6.45, 7) is 8.96. The molecule has 4 nitrogen and oxygen atoms in total. The van der Waals surface area contributed by atoms with E-state index >= 15 is 0 Å². The molecule has 0 heterocycles. The lowest BCUT2D eigenvalue weighted by atomic mass is 10.1. The van der Waals surface area contributed by atoms with E-state index in [4.69, 9.17) is 0 Å². The Balaban J connectivity index is 2.08. The fourth-order valence-corrected chi connectivity index (χ4v) is 4.00. The van der Waals surface area contributed by atoms with E-state index in [1.165, 1.54) is 16.7 Å². The lowest BCUT2D eigenvalue weighted by Crippen LogP contribution is -2.49. The zero-order chi connectivity index (χ0) is 21.2. The Labute approximate surface area is 179 Å². The summed E-state index contributed by atoms with van der Waals surface area (Å²) >= 11 is 1.59. The van der Waals surface area contributed by atoms with E-state index in [2.05, 4.69) is 36.5 Å². The molecule has 0 aromatic heterocycles. The SMILES string of the molecule is CCNC(=O)[C@H](CC)N(Cc1ccc(C)cc1)C(=O)CSCc1ccc(C)cc1. The van der Waals surface area contributed by atoms with Crippen molar-refractivity contribution >= 4 is 23.6 Å². The predicted molar refractivity (Wildman–Crippen MR) is 122 cm³/mol. The Hall–Kier alpha value is -2.27. The van der Waals surface area contributed by atoms with Gasteiger partial charge in [-0.2, -0.15) is 0 Å². The van der Waals surface area contributed by atoms with E-state index in [1.54, 1.807) is 16.7 Å². The maximum Gasteiger partial charge on any atom is 0.242 e. The molecule has 0 aliphatic rings. The maximum atomic E-state index is 13.1. The molecule has 0 aliphatic heterocycles. The number of nitrogens with zero attached hydrogens (tertiary/aromatic N) is 1. The number of rotatable bonds is 10. The third-order valence-corrected chi connectivity index (χ3v) is 5.81. The second kappa shape index (κ2) is 11.7. The Bertz CT molecular complexity index is 788. The summed E-state index contributed by atoms with van der Waals surface area (Å²) in [6, 6.07) is 16.0. The summed E-state index contributed by atoms with van der Waals surface area (Å²) in [5.41, 5.74) is 4.65. The molecule has 1 atom stereocenters. The number of nitrogens with one attached hydrogen (secondary N) is 1. The summed E-state index contributed by atoms with van der Waals surface area (Å²) in [7, 11) is 0. The van der Waals surface area contributed by atoms with Crippen molar-refractivity contribution in [2.45, 2.75) is 52.5 Å². The molecule has 0 spiro atoms. The molecule has 2 aromatic carbocycles. The van der Waals surface area contributed by atoms with Gasteiger partial charge in [-0.1, -0.05) is 66.6 Å². The Kier molecular flexibility index (Phi) is 9.26. The summed E-state index contributed by atoms with van der Waals surface area (Å²) in [4.78, 5) is 27.4. The van der Waals surface area contributed by atoms with Crippen LogP contribution in [0.3, 0.4) is 0 Å². The van der Waals surface area contributed by atoms with Gasteiger partial charge in [0.2, 0.25) is 11.8 Å². The molecular formula is C24H32N2O2S. The van der Waals surface area contributed by atoms with Crippen molar-refractivity contribution in [1.82, 2.24) is 10.2 Å². The van der Waals surface area contributed by atoms with Crippen LogP contribution in [0.15, 0.2) is 48.5 Å². The van der Waals surface area contributed by atoms with Crippen LogP contribution in [0.25, 0.3) is 0 Å². The van der Waals surface area contributed by atoms with Gasteiger partial charge in [0.05, 0.1) is 5.75 Å². The van der Waals surface area contributed by atoms with Gasteiger partial charge in [0.1, 0.15) is 6.04 Å². The second-order valence-electron chi connectivity index (χ2n) is 7.30. The van der Waals surface area contributed by atoms with Crippen molar-refractivity contribution in [3.63, 3.8) is 0 Å². The standard InChI is InChI=1S/C24H32N2O2S/c1-5-22(24(28)25-6-2)26(15-20-11-7-18(3)8-12-20)23(27)17-29-16-21-13-9-19(4)10-14-21/h7-14,22H,5-6,15-17H2,1-4H3,(H,25,28)/t22-/m0/s1. The molecule has 0 saturated carbocycles. The summed E-state index contributed by atoms with van der Waals surface area (Å²) in [5, 5.41) is 2.87. The molecule has 2 rings (SSSR count). The van der Waals surface area contributed by atoms with Gasteiger partial charge in [0, 0.05) is 18.8 Å². The molecular weight excluding hydrogens is 380 g/mol. The van der Waals surface area contributed by atoms with Crippen LogP contribution < -0.4 is 5.32 Å². The highest BCUT2D eigenvalue weighted by Gasteiger charge is 2.28. The monoisotopic (exact) mass is 412 g/mol. The fraction of sp³-hybridized carbons (Fsp3) is 0.417. The number of amides is 2. The largest absolute Gasteiger partial charge is 0.355 e. The molecule has 1 N–H and O–H groups in total. The van der Waals surface area contributed by atoms with Gasteiger partial charge in [-0.05, 0) is 38.3 Å². The van der Waals surface area contributed by atoms with E-state index < -0.39 is 6.04 Å². The van der Waals surface area contributed by atoms with Gasteiger partial charge >= 0.3 is 0 Å². The molecule has 0 bridgehead atoms. The number of thioether (sulfide) groups is 1. The number of likely N-dealkylation sites (N-methyl/N-ethyl adjacent to an activating group) is 1. The topological polar surface area (TPSA) is 49.4 Å². The van der Waals surface area contributed by atoms with Crippen LogP contribution in [-0.4, -0.2) is 35.1 Å². The van der Waals surface area contributed by atoms with Crippen LogP contribution in [0.4, 0.5) is 0 Å². The maximum absolute atomic E-state index is 13.1. The molecule has 2 amide bonds. The quantitative estimate of drug-likeness (QED) is 0.626. The van der Waals surface area contributed by atoms with Crippen molar-refractivity contribution in [3.05, 3.63) is 70.8 Å². The normalized spacial score (nSPS) is 11.7. The number of hydrogen-bond donors (Lipinski definition) is 1. The van der Waals surface area contributed by atoms with Gasteiger partial charge in [-0.3, -0.25) is 9.59 Å². The van der Waals surface area contributed by atoms with E-state index in [-0.39, 0.29) is 11.8 Å². The molecule has 5 heteroatoms. The molecule has 2 aromatic rings. The minimum Gasteiger partial charge on any atom is -0.355 e. The first-order valence-corrected chi connectivity index (χ1v) is 11.4. The van der Waals surface area contributed by atoms with Crippen LogP contribution in [0.1, 0.15) is 42.5 Å². The minimum atomic E-state index is -0.455. The number of hydrogen-bond acceptors (Lipinski definition) is 3. The molecule has 0 fully saturated rings. The first-order valence-electron chi connectivity index (χ1n) is 10.2. The van der Waals surface area contributed by atoms with Crippen molar-refractivity contribution in [1.29, 1.82) is 0 Å². The Morgan fingerprint density at radius 3 is 2.00 bits per heavy atom. The molecule has 156 valence electrons. The highest BCUT2D eigenvalue weighted by atomic mass is 32.2. The van der Waals surface area contributed by atoms with Crippen LogP contribution in [0, 0.1) is 13.8 Å². The first-order chi connectivity index (χ1) is 13.9. The van der Waals surface area contributed by atoms with E-state index in [9.17, 15) is 9.59 Å². The zero-order valence-electron chi connectivity index (χ0n) is 17.9. The third kappa shape index (κ3) is 7.24. The molecule has 0 radical (unpaired) electrons. The van der Waals surface area contributed by atoms with Gasteiger partial charge < -0.3 is 10.2 Å². The van der Waals surface area contributed by atoms with Crippen molar-refractivity contribution in [2.75, 3.05) is 12.3 Å². The molecule has 0 aliphatic carbocycles. The number of carbonyl (C=O) groups is 2. The van der Waals surface area contributed by atoms with Gasteiger partial charge in [-0.25, -0.2) is 0 Å².